The number of hydrogen-bond donors (Lipinski definition) is 2. The summed E-state index contributed by atoms with van der Waals surface area (Å²) in [5.41, 5.74) is 4.07. The van der Waals surface area contributed by atoms with Crippen LogP contribution in [-0.2, 0) is 6.54 Å². The molecule has 0 bridgehead atoms. The van der Waals surface area contributed by atoms with Crippen LogP contribution in [-0.4, -0.2) is 11.8 Å². The molecule has 26 heavy (non-hydrogen) atoms. The molecule has 128 valence electrons. The third kappa shape index (κ3) is 2.84. The summed E-state index contributed by atoms with van der Waals surface area (Å²) in [6, 6.07) is 18.7. The Labute approximate surface area is 149 Å². The number of halogens is 1. The minimum absolute atomic E-state index is 0.216. The Morgan fingerprint density at radius 2 is 1.69 bits per heavy atom. The topological polar surface area (TPSA) is 58.2 Å². The summed E-state index contributed by atoms with van der Waals surface area (Å²) in [6.07, 6.45) is 0. The number of carbonyl (C=O) groups excluding carboxylic acids is 2. The summed E-state index contributed by atoms with van der Waals surface area (Å²) in [7, 11) is 0. The Morgan fingerprint density at radius 3 is 2.42 bits per heavy atom. The van der Waals surface area contributed by atoms with Gasteiger partial charge in [0.2, 0.25) is 0 Å². The van der Waals surface area contributed by atoms with E-state index >= 15 is 0 Å². The van der Waals surface area contributed by atoms with E-state index in [1.165, 1.54) is 24.3 Å². The van der Waals surface area contributed by atoms with E-state index in [9.17, 15) is 14.0 Å². The third-order valence-corrected chi connectivity index (χ3v) is 4.41. The molecule has 2 amide bonds. The lowest BCUT2D eigenvalue weighted by Gasteiger charge is -2.13. The smallest absolute Gasteiger partial charge is 0.255 e. The van der Waals surface area contributed by atoms with Gasteiger partial charge < -0.3 is 10.6 Å². The molecule has 2 N–H and O–H groups in total. The summed E-state index contributed by atoms with van der Waals surface area (Å²) in [4.78, 5) is 24.7. The normalized spacial score (nSPS) is 12.4. The van der Waals surface area contributed by atoms with E-state index in [2.05, 4.69) is 10.6 Å². The zero-order valence-electron chi connectivity index (χ0n) is 13.8. The SMILES string of the molecule is O=C(Nc1ccc(-c2ccccc2)c2c1C(=O)NC2)c1ccc(F)cc1. The number of nitrogens with one attached hydrogen (secondary N) is 2. The van der Waals surface area contributed by atoms with Crippen LogP contribution in [0.15, 0.2) is 66.7 Å². The first-order valence-electron chi connectivity index (χ1n) is 8.20. The van der Waals surface area contributed by atoms with Crippen LogP contribution in [0.4, 0.5) is 10.1 Å². The number of hydrogen-bond acceptors (Lipinski definition) is 2. The summed E-state index contributed by atoms with van der Waals surface area (Å²) >= 11 is 0. The molecule has 0 radical (unpaired) electrons. The second kappa shape index (κ2) is 6.44. The fourth-order valence-corrected chi connectivity index (χ4v) is 3.14. The van der Waals surface area contributed by atoms with Crippen molar-refractivity contribution in [3.05, 3.63) is 89.2 Å². The molecule has 0 spiro atoms. The van der Waals surface area contributed by atoms with Gasteiger partial charge in [0.25, 0.3) is 11.8 Å². The second-order valence-electron chi connectivity index (χ2n) is 6.02. The van der Waals surface area contributed by atoms with Crippen LogP contribution in [0.2, 0.25) is 0 Å². The third-order valence-electron chi connectivity index (χ3n) is 4.41. The van der Waals surface area contributed by atoms with Crippen molar-refractivity contribution < 1.29 is 14.0 Å². The van der Waals surface area contributed by atoms with E-state index in [1.807, 2.05) is 36.4 Å². The molecule has 0 aromatic heterocycles. The van der Waals surface area contributed by atoms with E-state index in [0.29, 0.717) is 23.4 Å². The average molecular weight is 346 g/mol. The zero-order valence-corrected chi connectivity index (χ0v) is 13.8. The fraction of sp³-hybridized carbons (Fsp3) is 0.0476. The van der Waals surface area contributed by atoms with Gasteiger partial charge in [0.05, 0.1) is 11.3 Å². The molecular formula is C21H15FN2O2. The van der Waals surface area contributed by atoms with Crippen molar-refractivity contribution in [1.29, 1.82) is 0 Å². The van der Waals surface area contributed by atoms with Crippen LogP contribution in [0, 0.1) is 5.82 Å². The molecule has 0 unspecified atom stereocenters. The molecule has 4 rings (SSSR count). The van der Waals surface area contributed by atoms with Gasteiger partial charge in [-0.3, -0.25) is 9.59 Å². The van der Waals surface area contributed by atoms with Crippen LogP contribution in [0.25, 0.3) is 11.1 Å². The van der Waals surface area contributed by atoms with Crippen LogP contribution in [0.5, 0.6) is 0 Å². The Bertz CT molecular complexity index is 999. The minimum Gasteiger partial charge on any atom is -0.348 e. The number of carbonyl (C=O) groups is 2. The summed E-state index contributed by atoms with van der Waals surface area (Å²) in [5, 5.41) is 5.58. The van der Waals surface area contributed by atoms with E-state index in [-0.39, 0.29) is 11.8 Å². The molecule has 0 saturated carbocycles. The molecule has 1 aliphatic heterocycles. The maximum atomic E-state index is 13.0. The van der Waals surface area contributed by atoms with Crippen molar-refractivity contribution in [2.24, 2.45) is 0 Å². The molecule has 5 heteroatoms. The zero-order chi connectivity index (χ0) is 18.1. The van der Waals surface area contributed by atoms with E-state index in [4.69, 9.17) is 0 Å². The maximum Gasteiger partial charge on any atom is 0.255 e. The Morgan fingerprint density at radius 1 is 0.962 bits per heavy atom. The number of rotatable bonds is 3. The van der Waals surface area contributed by atoms with Crippen LogP contribution in [0.1, 0.15) is 26.3 Å². The van der Waals surface area contributed by atoms with Crippen LogP contribution >= 0.6 is 0 Å². The first-order chi connectivity index (χ1) is 12.6. The van der Waals surface area contributed by atoms with Gasteiger partial charge in [-0.25, -0.2) is 4.39 Å². The highest BCUT2D eigenvalue weighted by Crippen LogP contribution is 2.34. The summed E-state index contributed by atoms with van der Waals surface area (Å²) in [6.45, 7) is 0.415. The van der Waals surface area contributed by atoms with E-state index in [0.717, 1.165) is 16.7 Å². The quantitative estimate of drug-likeness (QED) is 0.753. The van der Waals surface area contributed by atoms with Gasteiger partial charge in [-0.1, -0.05) is 36.4 Å². The lowest BCUT2D eigenvalue weighted by Crippen LogP contribution is -2.17. The molecule has 3 aromatic carbocycles. The number of benzene rings is 3. The summed E-state index contributed by atoms with van der Waals surface area (Å²) in [5.74, 6) is -1.01. The van der Waals surface area contributed by atoms with Crippen molar-refractivity contribution in [2.45, 2.75) is 6.54 Å². The molecule has 0 saturated heterocycles. The lowest BCUT2D eigenvalue weighted by atomic mass is 9.95. The van der Waals surface area contributed by atoms with Gasteiger partial charge in [0.1, 0.15) is 5.82 Å². The van der Waals surface area contributed by atoms with Crippen LogP contribution in [0.3, 0.4) is 0 Å². The van der Waals surface area contributed by atoms with Gasteiger partial charge in [-0.05, 0) is 47.0 Å². The minimum atomic E-state index is -0.408. The highest BCUT2D eigenvalue weighted by molar-refractivity contribution is 6.11. The Hall–Kier alpha value is -3.47. The summed E-state index contributed by atoms with van der Waals surface area (Å²) < 4.78 is 13.0. The van der Waals surface area contributed by atoms with Gasteiger partial charge >= 0.3 is 0 Å². The van der Waals surface area contributed by atoms with Crippen molar-refractivity contribution in [3.63, 3.8) is 0 Å². The van der Waals surface area contributed by atoms with Crippen LogP contribution < -0.4 is 10.6 Å². The maximum absolute atomic E-state index is 13.0. The lowest BCUT2D eigenvalue weighted by molar-refractivity contribution is 0.0966. The first-order valence-corrected chi connectivity index (χ1v) is 8.20. The number of amides is 2. The van der Waals surface area contributed by atoms with Gasteiger partial charge in [-0.15, -0.1) is 0 Å². The molecular weight excluding hydrogens is 331 g/mol. The van der Waals surface area contributed by atoms with Crippen molar-refractivity contribution >= 4 is 17.5 Å². The van der Waals surface area contributed by atoms with Crippen molar-refractivity contribution in [1.82, 2.24) is 5.32 Å². The first kappa shape index (κ1) is 16.0. The van der Waals surface area contributed by atoms with Crippen molar-refractivity contribution in [2.75, 3.05) is 5.32 Å². The number of anilines is 1. The highest BCUT2D eigenvalue weighted by Gasteiger charge is 2.26. The standard InChI is InChI=1S/C21H15FN2O2/c22-15-8-6-14(7-9-15)20(25)24-18-11-10-16(13-4-2-1-3-5-13)17-12-23-21(26)19(17)18/h1-11H,12H2,(H,23,26)(H,24,25). The highest BCUT2D eigenvalue weighted by atomic mass is 19.1. The predicted octanol–water partition coefficient (Wildman–Crippen LogP) is 3.99. The van der Waals surface area contributed by atoms with Gasteiger partial charge in [-0.2, -0.15) is 0 Å². The number of fused-ring (bicyclic) bond motifs is 1. The monoisotopic (exact) mass is 346 g/mol. The molecule has 0 fully saturated rings. The second-order valence-corrected chi connectivity index (χ2v) is 6.02. The van der Waals surface area contributed by atoms with Gasteiger partial charge in [0, 0.05) is 12.1 Å². The Balaban J connectivity index is 1.72. The molecule has 0 atom stereocenters. The van der Waals surface area contributed by atoms with E-state index in [1.54, 1.807) is 6.07 Å². The van der Waals surface area contributed by atoms with E-state index < -0.39 is 5.82 Å². The van der Waals surface area contributed by atoms with Crippen molar-refractivity contribution in [3.8, 4) is 11.1 Å². The molecule has 1 heterocycles. The molecule has 3 aromatic rings. The largest absolute Gasteiger partial charge is 0.348 e. The predicted molar refractivity (Wildman–Crippen MR) is 97.4 cm³/mol. The molecule has 0 aliphatic carbocycles. The average Bonchev–Trinajstić information content (AvgIpc) is 3.05. The van der Waals surface area contributed by atoms with Gasteiger partial charge in [0.15, 0.2) is 0 Å². The Kier molecular flexibility index (Phi) is 3.97. The molecule has 4 nitrogen and oxygen atoms in total. The molecule has 1 aliphatic rings. The fourth-order valence-electron chi connectivity index (χ4n) is 3.14.